The molecule has 1 aliphatic carbocycles. The molecule has 0 aromatic heterocycles. The van der Waals surface area contributed by atoms with Crippen molar-refractivity contribution < 1.29 is 20.1 Å². The molecular formula is C19H32O4. The van der Waals surface area contributed by atoms with E-state index >= 15 is 0 Å². The molecule has 4 nitrogen and oxygen atoms in total. The first-order valence-corrected chi connectivity index (χ1v) is 8.51. The van der Waals surface area contributed by atoms with Crippen molar-refractivity contribution in [2.24, 2.45) is 17.8 Å². The van der Waals surface area contributed by atoms with Crippen LogP contribution in [0.2, 0.25) is 0 Å². The molecule has 0 bridgehead atoms. The van der Waals surface area contributed by atoms with Gasteiger partial charge >= 0.3 is 0 Å². The van der Waals surface area contributed by atoms with Crippen molar-refractivity contribution in [1.82, 2.24) is 0 Å². The van der Waals surface area contributed by atoms with Crippen LogP contribution >= 0.6 is 0 Å². The number of ether oxygens (including phenoxy) is 1. The number of hydrogen-bond acceptors (Lipinski definition) is 4. The molecule has 6 atom stereocenters. The van der Waals surface area contributed by atoms with E-state index in [1.54, 1.807) is 13.0 Å². The molecule has 0 aromatic rings. The second-order valence-corrected chi connectivity index (χ2v) is 7.18. The monoisotopic (exact) mass is 324 g/mol. The third-order valence-electron chi connectivity index (χ3n) is 5.64. The van der Waals surface area contributed by atoms with Gasteiger partial charge in [0.2, 0.25) is 0 Å². The van der Waals surface area contributed by atoms with Gasteiger partial charge < -0.3 is 20.1 Å². The second kappa shape index (κ2) is 8.30. The van der Waals surface area contributed by atoms with Crippen LogP contribution < -0.4 is 0 Å². The Balaban J connectivity index is 0.00000127. The molecule has 0 amide bonds. The van der Waals surface area contributed by atoms with Gasteiger partial charge in [-0.3, -0.25) is 0 Å². The molecule has 1 saturated heterocycles. The summed E-state index contributed by atoms with van der Waals surface area (Å²) in [5, 5.41) is 31.7. The largest absolute Gasteiger partial charge is 0.393 e. The first-order chi connectivity index (χ1) is 10.8. The van der Waals surface area contributed by atoms with Gasteiger partial charge in [-0.05, 0) is 50.4 Å². The summed E-state index contributed by atoms with van der Waals surface area (Å²) in [6, 6.07) is 0. The minimum Gasteiger partial charge on any atom is -0.393 e. The average Bonchev–Trinajstić information content (AvgIpc) is 2.65. The Kier molecular flexibility index (Phi) is 7.29. The molecule has 132 valence electrons. The topological polar surface area (TPSA) is 69.9 Å². The van der Waals surface area contributed by atoms with E-state index in [2.05, 4.69) is 19.4 Å². The Morgan fingerprint density at radius 3 is 2.57 bits per heavy atom. The maximum Gasteiger partial charge on any atom is 0.162 e. The van der Waals surface area contributed by atoms with Crippen LogP contribution in [0.3, 0.4) is 0 Å². The van der Waals surface area contributed by atoms with Crippen molar-refractivity contribution in [1.29, 1.82) is 0 Å². The highest BCUT2D eigenvalue weighted by Crippen LogP contribution is 2.48. The fourth-order valence-electron chi connectivity index (χ4n) is 4.16. The van der Waals surface area contributed by atoms with Crippen LogP contribution in [0.1, 0.15) is 52.4 Å². The zero-order valence-corrected chi connectivity index (χ0v) is 14.4. The van der Waals surface area contributed by atoms with Crippen molar-refractivity contribution in [3.63, 3.8) is 0 Å². The summed E-state index contributed by atoms with van der Waals surface area (Å²) in [5.74, 6) is -1.02. The smallest absolute Gasteiger partial charge is 0.162 e. The molecule has 1 heterocycles. The van der Waals surface area contributed by atoms with Gasteiger partial charge in [0.15, 0.2) is 5.79 Å². The Labute approximate surface area is 140 Å². The number of aliphatic hydroxyl groups excluding tert-OH is 1. The van der Waals surface area contributed by atoms with Crippen molar-refractivity contribution in [3.05, 3.63) is 12.7 Å². The highest BCUT2D eigenvalue weighted by Gasteiger charge is 2.52. The van der Waals surface area contributed by atoms with Crippen molar-refractivity contribution >= 4 is 0 Å². The lowest BCUT2D eigenvalue weighted by Gasteiger charge is -2.48. The summed E-state index contributed by atoms with van der Waals surface area (Å²) in [6.07, 6.45) is 14.0. The molecule has 23 heavy (non-hydrogen) atoms. The van der Waals surface area contributed by atoms with Crippen molar-refractivity contribution in [3.8, 4) is 12.8 Å². The molecule has 2 fully saturated rings. The van der Waals surface area contributed by atoms with Gasteiger partial charge in [-0.15, -0.1) is 19.4 Å². The van der Waals surface area contributed by atoms with Crippen LogP contribution in [0.25, 0.3) is 0 Å². The summed E-state index contributed by atoms with van der Waals surface area (Å²) >= 11 is 0. The van der Waals surface area contributed by atoms with E-state index in [1.807, 2.05) is 6.92 Å². The Morgan fingerprint density at radius 2 is 1.96 bits per heavy atom. The maximum absolute atomic E-state index is 11.3. The van der Waals surface area contributed by atoms with E-state index in [1.165, 1.54) is 0 Å². The van der Waals surface area contributed by atoms with E-state index in [-0.39, 0.29) is 24.4 Å². The molecule has 0 aromatic carbocycles. The maximum atomic E-state index is 11.3. The fourth-order valence-corrected chi connectivity index (χ4v) is 4.16. The number of fused-ring (bicyclic) bond motifs is 1. The molecular weight excluding hydrogens is 292 g/mol. The summed E-state index contributed by atoms with van der Waals surface area (Å²) in [6.45, 7) is 7.50. The molecule has 4 heteroatoms. The van der Waals surface area contributed by atoms with Crippen molar-refractivity contribution in [2.45, 2.75) is 69.9 Å². The minimum absolute atomic E-state index is 0.0000926. The van der Waals surface area contributed by atoms with Gasteiger partial charge in [0.25, 0.3) is 0 Å². The molecule has 0 radical (unpaired) electrons. The van der Waals surface area contributed by atoms with Crippen LogP contribution in [-0.4, -0.2) is 39.4 Å². The predicted octanol–water partition coefficient (Wildman–Crippen LogP) is 2.48. The van der Waals surface area contributed by atoms with E-state index in [0.29, 0.717) is 12.8 Å². The molecule has 2 aliphatic rings. The van der Waals surface area contributed by atoms with Crippen LogP contribution in [0.4, 0.5) is 0 Å². The SMILES string of the molecule is C#C.C=CCC(O)C(C)[C@@H]1CCCC2CC[C@@](C)(O)OC[C@@]21O. The van der Waals surface area contributed by atoms with E-state index < -0.39 is 17.5 Å². The number of aliphatic hydroxyl groups is 3. The molecule has 2 rings (SSSR count). The zero-order valence-electron chi connectivity index (χ0n) is 14.4. The van der Waals surface area contributed by atoms with Gasteiger partial charge in [-0.1, -0.05) is 19.4 Å². The third kappa shape index (κ3) is 4.58. The molecule has 1 saturated carbocycles. The molecule has 3 N–H and O–H groups in total. The van der Waals surface area contributed by atoms with Crippen molar-refractivity contribution in [2.75, 3.05) is 6.61 Å². The summed E-state index contributed by atoms with van der Waals surface area (Å²) in [5.41, 5.74) is -0.944. The summed E-state index contributed by atoms with van der Waals surface area (Å²) in [4.78, 5) is 0. The van der Waals surface area contributed by atoms with Crippen LogP contribution in [-0.2, 0) is 4.74 Å². The lowest BCUT2D eigenvalue weighted by Crippen LogP contribution is -2.54. The first kappa shape index (κ1) is 20.2. The van der Waals surface area contributed by atoms with Gasteiger partial charge in [0, 0.05) is 6.42 Å². The highest BCUT2D eigenvalue weighted by atomic mass is 16.6. The van der Waals surface area contributed by atoms with Gasteiger partial charge in [0.1, 0.15) is 0 Å². The number of terminal acetylenes is 1. The van der Waals surface area contributed by atoms with E-state index in [4.69, 9.17) is 4.74 Å². The normalized spacial score (nSPS) is 39.8. The van der Waals surface area contributed by atoms with Gasteiger partial charge in [0.05, 0.1) is 18.3 Å². The Morgan fingerprint density at radius 1 is 1.30 bits per heavy atom. The molecule has 3 unspecified atom stereocenters. The third-order valence-corrected chi connectivity index (χ3v) is 5.64. The number of hydrogen-bond donors (Lipinski definition) is 3. The van der Waals surface area contributed by atoms with E-state index in [0.717, 1.165) is 25.7 Å². The van der Waals surface area contributed by atoms with Gasteiger partial charge in [-0.2, -0.15) is 0 Å². The predicted molar refractivity (Wildman–Crippen MR) is 91.5 cm³/mol. The standard InChI is InChI=1S/C17H30O4.C2H2/c1-4-6-15(18)12(2)14-8-5-7-13-9-10-16(3,19)21-11-17(13,14)20;1-2/h4,12-15,18-20H,1,5-11H2,2-3H3;1-2H/t12?,13?,14-,15?,16-,17+;/m0./s1. The minimum atomic E-state index is -1.15. The summed E-state index contributed by atoms with van der Waals surface area (Å²) in [7, 11) is 0. The van der Waals surface area contributed by atoms with Crippen LogP contribution in [0.5, 0.6) is 0 Å². The molecule has 1 aliphatic heterocycles. The Hall–Kier alpha value is -0.860. The van der Waals surface area contributed by atoms with Crippen LogP contribution in [0.15, 0.2) is 12.7 Å². The second-order valence-electron chi connectivity index (χ2n) is 7.18. The average molecular weight is 324 g/mol. The quantitative estimate of drug-likeness (QED) is 0.549. The van der Waals surface area contributed by atoms with Gasteiger partial charge in [-0.25, -0.2) is 0 Å². The zero-order chi connectivity index (χ0) is 17.7. The van der Waals surface area contributed by atoms with Crippen LogP contribution in [0, 0.1) is 30.6 Å². The lowest BCUT2D eigenvalue weighted by molar-refractivity contribution is -0.228. The first-order valence-electron chi connectivity index (χ1n) is 8.51. The highest BCUT2D eigenvalue weighted by molar-refractivity contribution is 5.01. The lowest BCUT2D eigenvalue weighted by atomic mass is 9.62. The molecule has 0 spiro atoms. The van der Waals surface area contributed by atoms with E-state index in [9.17, 15) is 15.3 Å². The summed E-state index contributed by atoms with van der Waals surface area (Å²) < 4.78 is 5.59. The fraction of sp³-hybridized carbons (Fsp3) is 0.789. The Bertz CT molecular complexity index is 403. The number of rotatable bonds is 4.